The van der Waals surface area contributed by atoms with Crippen molar-refractivity contribution in [1.82, 2.24) is 49.9 Å². The van der Waals surface area contributed by atoms with E-state index in [-0.39, 0.29) is 23.9 Å². The van der Waals surface area contributed by atoms with E-state index in [0.29, 0.717) is 70.9 Å². The van der Waals surface area contributed by atoms with Gasteiger partial charge in [0, 0.05) is 35.2 Å². The van der Waals surface area contributed by atoms with Gasteiger partial charge in [-0.2, -0.15) is 0 Å². The number of nitrogens with zero attached hydrogens (tertiary/aromatic N) is 6. The molecular weight excluding hydrogens is 935 g/mol. The summed E-state index contributed by atoms with van der Waals surface area (Å²) in [6.45, 7) is 8.67. The average molecular weight is 989 g/mol. The zero-order valence-corrected chi connectivity index (χ0v) is 41.1. The highest BCUT2D eigenvalue weighted by atomic mass is 32.1. The molecule has 3 aliphatic heterocycles. The molecule has 3 fully saturated rings. The number of alkyl carbamates (subject to hydrolysis) is 2. The number of fused-ring (bicyclic) bond motifs is 6. The Bertz CT molecular complexity index is 3180. The number of H-pyrrole nitrogens is 2. The number of alkyl halides is 1. The van der Waals surface area contributed by atoms with Crippen LogP contribution in [0.1, 0.15) is 112 Å². The number of rotatable bonds is 12. The second-order valence-electron chi connectivity index (χ2n) is 20.0. The number of hydrogen-bond acceptors (Lipinski definition) is 11. The molecule has 4 amide bonds. The Balaban J connectivity index is 0.914. The minimum atomic E-state index is -2.09. The van der Waals surface area contributed by atoms with E-state index in [1.54, 1.807) is 33.5 Å². The van der Waals surface area contributed by atoms with E-state index >= 15 is 8.78 Å². The Morgan fingerprint density at radius 1 is 0.887 bits per heavy atom. The predicted molar refractivity (Wildman–Crippen MR) is 258 cm³/mol. The van der Waals surface area contributed by atoms with E-state index in [1.165, 1.54) is 27.0 Å². The van der Waals surface area contributed by atoms with Gasteiger partial charge < -0.3 is 44.6 Å². The first kappa shape index (κ1) is 46.3. The Kier molecular flexibility index (Phi) is 11.3. The molecule has 71 heavy (non-hydrogen) atoms. The minimum Gasteiger partial charge on any atom is -0.464 e. The third-order valence-corrected chi connectivity index (χ3v) is 15.7. The summed E-state index contributed by atoms with van der Waals surface area (Å²) < 4.78 is 50.9. The standard InChI is InChI=1S/C51H54F2N10O7S/c1-23(2)40(59-49(66)68-6)46(64)61-14-8-9-34(61)43-54-21-32(58-43)27-16-30(52)39-35-17-28-15-26(12-13-33(28)62(35)48(70-37(39)18-27)38-22-56-45(71-38)25-10-11-25)31-20-55-44(57-31)36-19-29-24(3)41(29)63(36)47(65)42(51(4,5)53)60-50(67)69-7/h12-13,15-18,20-23,25,34,36,40-42,48H,8-11,14,19H2,1-7H3,(H,54,58)(H,55,57)(H,59,66)(H,60,67). The number of benzene rings is 2. The van der Waals surface area contributed by atoms with Gasteiger partial charge in [0.05, 0.1) is 82.8 Å². The van der Waals surface area contributed by atoms with Gasteiger partial charge in [0.25, 0.3) is 0 Å². The Hall–Kier alpha value is -7.09. The fourth-order valence-electron chi connectivity index (χ4n) is 10.6. The molecule has 370 valence electrons. The van der Waals surface area contributed by atoms with E-state index in [9.17, 15) is 19.2 Å². The number of halogens is 2. The maximum atomic E-state index is 17.0. The number of amides is 4. The van der Waals surface area contributed by atoms with Crippen LogP contribution in [0.25, 0.3) is 44.7 Å². The van der Waals surface area contributed by atoms with Gasteiger partial charge in [0.2, 0.25) is 18.0 Å². The summed E-state index contributed by atoms with van der Waals surface area (Å²) in [7, 11) is 2.42. The largest absolute Gasteiger partial charge is 0.464 e. The van der Waals surface area contributed by atoms with Gasteiger partial charge in [-0.15, -0.1) is 11.3 Å². The Labute approximate surface area is 411 Å². The summed E-state index contributed by atoms with van der Waals surface area (Å²) in [5.74, 6) is 0.365. The number of likely N-dealkylation sites (tertiary alicyclic amines) is 2. The molecular formula is C51H54F2N10O7S. The van der Waals surface area contributed by atoms with Crippen molar-refractivity contribution in [3.63, 3.8) is 0 Å². The first-order chi connectivity index (χ1) is 34.0. The van der Waals surface area contributed by atoms with Gasteiger partial charge in [-0.25, -0.2) is 33.3 Å². The molecule has 0 radical (unpaired) electrons. The molecule has 1 saturated carbocycles. The average Bonchev–Trinajstić information content (AvgIpc) is 3.86. The number of carbonyl (C=O) groups excluding carboxylic acids is 4. The fraction of sp³-hybridized carbons (Fsp3) is 0.431. The second-order valence-corrected chi connectivity index (χ2v) is 21.1. The summed E-state index contributed by atoms with van der Waals surface area (Å²) in [6, 6.07) is 7.73. The van der Waals surface area contributed by atoms with Crippen LogP contribution in [0.3, 0.4) is 0 Å². The van der Waals surface area contributed by atoms with Crippen LogP contribution in [0.4, 0.5) is 18.4 Å². The number of carbonyl (C=O) groups is 4. The number of ether oxygens (including phenoxy) is 3. The molecule has 6 unspecified atom stereocenters. The highest BCUT2D eigenvalue weighted by Crippen LogP contribution is 2.54. The number of methoxy groups -OCH3 is 2. The molecule has 6 atom stereocenters. The summed E-state index contributed by atoms with van der Waals surface area (Å²) in [5, 5.41) is 6.95. The monoisotopic (exact) mass is 988 g/mol. The van der Waals surface area contributed by atoms with Crippen LogP contribution in [0, 0.1) is 11.7 Å². The first-order valence-corrected chi connectivity index (χ1v) is 24.8. The maximum absolute atomic E-state index is 17.0. The number of aromatic nitrogens is 6. The Morgan fingerprint density at radius 3 is 2.28 bits per heavy atom. The molecule has 6 aromatic rings. The fourth-order valence-corrected chi connectivity index (χ4v) is 11.7. The zero-order valence-electron chi connectivity index (χ0n) is 40.3. The third kappa shape index (κ3) is 8.08. The molecule has 2 aliphatic carbocycles. The van der Waals surface area contributed by atoms with Gasteiger partial charge in [-0.3, -0.25) is 14.2 Å². The van der Waals surface area contributed by atoms with Gasteiger partial charge in [0.15, 0.2) is 0 Å². The first-order valence-electron chi connectivity index (χ1n) is 23.9. The van der Waals surface area contributed by atoms with Crippen LogP contribution < -0.4 is 15.4 Å². The molecule has 7 heterocycles. The van der Waals surface area contributed by atoms with E-state index in [4.69, 9.17) is 29.2 Å². The Morgan fingerprint density at radius 2 is 1.59 bits per heavy atom. The van der Waals surface area contributed by atoms with Crippen molar-refractivity contribution < 1.29 is 42.2 Å². The van der Waals surface area contributed by atoms with Crippen LogP contribution in [0.2, 0.25) is 0 Å². The summed E-state index contributed by atoms with van der Waals surface area (Å²) in [5.41, 5.74) is 4.32. The third-order valence-electron chi connectivity index (χ3n) is 14.5. The zero-order chi connectivity index (χ0) is 49.8. The number of aromatic amines is 2. The number of hydrogen-bond donors (Lipinski definition) is 4. The normalized spacial score (nSPS) is 21.2. The number of nitrogens with one attached hydrogen (secondary N) is 4. The highest BCUT2D eigenvalue weighted by molar-refractivity contribution is 7.11. The quantitative estimate of drug-likeness (QED) is 0.0858. The highest BCUT2D eigenvalue weighted by Gasteiger charge is 2.55. The van der Waals surface area contributed by atoms with Crippen LogP contribution in [-0.4, -0.2) is 108 Å². The smallest absolute Gasteiger partial charge is 0.407 e. The van der Waals surface area contributed by atoms with Gasteiger partial charge in [-0.05, 0) is 100 Å². The summed E-state index contributed by atoms with van der Waals surface area (Å²) in [6.07, 6.45) is 7.05. The summed E-state index contributed by atoms with van der Waals surface area (Å²) >= 11 is 1.60. The van der Waals surface area contributed by atoms with Crippen molar-refractivity contribution >= 4 is 46.2 Å². The molecule has 20 heteroatoms. The number of imidazole rings is 2. The van der Waals surface area contributed by atoms with Crippen LogP contribution in [-0.2, 0) is 19.1 Å². The maximum Gasteiger partial charge on any atom is 0.407 e. The lowest BCUT2D eigenvalue weighted by Gasteiger charge is -2.34. The second kappa shape index (κ2) is 17.3. The van der Waals surface area contributed by atoms with Crippen molar-refractivity contribution in [3.8, 4) is 39.5 Å². The van der Waals surface area contributed by atoms with Crippen molar-refractivity contribution in [1.29, 1.82) is 0 Å². The molecule has 17 nitrogen and oxygen atoms in total. The molecule has 2 saturated heterocycles. The van der Waals surface area contributed by atoms with Crippen LogP contribution >= 0.6 is 11.3 Å². The van der Waals surface area contributed by atoms with Crippen LogP contribution in [0.15, 0.2) is 66.1 Å². The van der Waals surface area contributed by atoms with Crippen molar-refractivity contribution in [2.24, 2.45) is 5.92 Å². The van der Waals surface area contributed by atoms with E-state index < -0.39 is 53.9 Å². The lowest BCUT2D eigenvalue weighted by molar-refractivity contribution is -0.139. The SMILES string of the molecule is COC(=O)NC(C(=O)N1CCCC1c1ncc(-c2cc(F)c3c(c2)OC(c2cnc(C4CC4)s2)n2c-3cc3cc(-c4cnc(C5CC6=C(C)C6N5C(=O)C(NC(=O)OC)C(C)(C)F)[nH]4)ccc32)[nH]1)C(C)C. The van der Waals surface area contributed by atoms with Crippen molar-refractivity contribution in [2.75, 3.05) is 20.8 Å². The molecule has 2 aromatic carbocycles. The van der Waals surface area contributed by atoms with Crippen LogP contribution in [0.5, 0.6) is 5.75 Å². The lowest BCUT2D eigenvalue weighted by Crippen LogP contribution is -2.57. The van der Waals surface area contributed by atoms with E-state index in [2.05, 4.69) is 20.6 Å². The van der Waals surface area contributed by atoms with E-state index in [0.717, 1.165) is 63.9 Å². The molecule has 0 spiro atoms. The molecule has 5 aliphatic rings. The van der Waals surface area contributed by atoms with Gasteiger partial charge in [-0.1, -0.05) is 19.9 Å². The molecule has 11 rings (SSSR count). The summed E-state index contributed by atoms with van der Waals surface area (Å²) in [4.78, 5) is 77.6. The minimum absolute atomic E-state index is 0.188. The van der Waals surface area contributed by atoms with Crippen molar-refractivity contribution in [3.05, 3.63) is 93.5 Å². The lowest BCUT2D eigenvalue weighted by atomic mass is 9.98. The van der Waals surface area contributed by atoms with E-state index in [1.807, 2.05) is 61.9 Å². The van der Waals surface area contributed by atoms with Gasteiger partial charge in [0.1, 0.15) is 41.0 Å². The topological polar surface area (TPSA) is 202 Å². The van der Waals surface area contributed by atoms with Crippen molar-refractivity contribution in [2.45, 2.75) is 115 Å². The van der Waals surface area contributed by atoms with Gasteiger partial charge >= 0.3 is 12.2 Å². The molecule has 4 aromatic heterocycles. The number of thiazole rings is 1. The predicted octanol–water partition coefficient (Wildman–Crippen LogP) is 8.99. The molecule has 0 bridgehead atoms. The molecule has 4 N–H and O–H groups in total.